The van der Waals surface area contributed by atoms with E-state index in [4.69, 9.17) is 0 Å². The van der Waals surface area contributed by atoms with Gasteiger partial charge in [0.1, 0.15) is 0 Å². The Bertz CT molecular complexity index is 623. The highest BCUT2D eigenvalue weighted by atomic mass is 16.6. The van der Waals surface area contributed by atoms with Crippen LogP contribution in [-0.4, -0.2) is 18.0 Å². The molecule has 0 saturated heterocycles. The molecule has 0 bridgehead atoms. The number of methoxy groups -OCH3 is 1. The largest absolute Gasteiger partial charge is 0.465 e. The Morgan fingerprint density at radius 2 is 1.84 bits per heavy atom. The number of non-ortho nitro benzene ring substituents is 1. The highest BCUT2D eigenvalue weighted by Gasteiger charge is 2.17. The van der Waals surface area contributed by atoms with Gasteiger partial charge in [-0.05, 0) is 17.2 Å². The van der Waals surface area contributed by atoms with Crippen LogP contribution >= 0.6 is 0 Å². The molecule has 96 valence electrons. The second-order valence-electron chi connectivity index (χ2n) is 3.84. The first-order chi connectivity index (χ1) is 9.13. The van der Waals surface area contributed by atoms with Gasteiger partial charge in [-0.1, -0.05) is 30.3 Å². The van der Waals surface area contributed by atoms with Crippen LogP contribution in [0.2, 0.25) is 0 Å². The van der Waals surface area contributed by atoms with Gasteiger partial charge in [0, 0.05) is 12.1 Å². The normalized spacial score (nSPS) is 9.95. The quantitative estimate of drug-likeness (QED) is 0.481. The molecular weight excluding hydrogens is 246 g/mol. The number of nitro groups is 1. The van der Waals surface area contributed by atoms with Crippen LogP contribution in [0, 0.1) is 10.1 Å². The number of nitrogens with zero attached hydrogens (tertiary/aromatic N) is 1. The van der Waals surface area contributed by atoms with Crippen molar-refractivity contribution < 1.29 is 14.5 Å². The number of hydrogen-bond acceptors (Lipinski definition) is 4. The van der Waals surface area contributed by atoms with Gasteiger partial charge in [0.25, 0.3) is 5.69 Å². The Hall–Kier alpha value is -2.69. The van der Waals surface area contributed by atoms with Crippen LogP contribution < -0.4 is 0 Å². The van der Waals surface area contributed by atoms with Gasteiger partial charge in [0.05, 0.1) is 17.6 Å². The van der Waals surface area contributed by atoms with Gasteiger partial charge < -0.3 is 4.74 Å². The summed E-state index contributed by atoms with van der Waals surface area (Å²) >= 11 is 0. The summed E-state index contributed by atoms with van der Waals surface area (Å²) in [4.78, 5) is 22.0. The van der Waals surface area contributed by atoms with Gasteiger partial charge in [-0.15, -0.1) is 0 Å². The molecular formula is C14H11NO4. The summed E-state index contributed by atoms with van der Waals surface area (Å²) < 4.78 is 4.67. The van der Waals surface area contributed by atoms with Gasteiger partial charge in [-0.25, -0.2) is 4.79 Å². The molecule has 0 heterocycles. The summed E-state index contributed by atoms with van der Waals surface area (Å²) in [6, 6.07) is 13.3. The van der Waals surface area contributed by atoms with Gasteiger partial charge in [0.2, 0.25) is 0 Å². The third-order valence-corrected chi connectivity index (χ3v) is 2.70. The number of benzene rings is 2. The molecule has 2 aromatic carbocycles. The number of esters is 1. The monoisotopic (exact) mass is 257 g/mol. The molecule has 0 aromatic heterocycles. The maximum absolute atomic E-state index is 11.7. The van der Waals surface area contributed by atoms with E-state index >= 15 is 0 Å². The lowest BCUT2D eigenvalue weighted by Gasteiger charge is -2.07. The molecule has 0 aliphatic heterocycles. The molecule has 0 amide bonds. The zero-order chi connectivity index (χ0) is 13.8. The maximum Gasteiger partial charge on any atom is 0.338 e. The molecule has 2 rings (SSSR count). The van der Waals surface area contributed by atoms with Crippen molar-refractivity contribution in [2.24, 2.45) is 0 Å². The first kappa shape index (κ1) is 12.8. The van der Waals surface area contributed by atoms with Crippen molar-refractivity contribution in [3.8, 4) is 11.1 Å². The van der Waals surface area contributed by atoms with Crippen LogP contribution in [0.1, 0.15) is 10.4 Å². The fraction of sp³-hybridized carbons (Fsp3) is 0.0714. The molecule has 0 fully saturated rings. The zero-order valence-electron chi connectivity index (χ0n) is 10.2. The highest BCUT2D eigenvalue weighted by Crippen LogP contribution is 2.27. The van der Waals surface area contributed by atoms with Crippen LogP contribution in [0.15, 0.2) is 48.5 Å². The van der Waals surface area contributed by atoms with Gasteiger partial charge in [0.15, 0.2) is 0 Å². The van der Waals surface area contributed by atoms with Crippen LogP contribution in [-0.2, 0) is 4.74 Å². The lowest BCUT2D eigenvalue weighted by molar-refractivity contribution is -0.384. The summed E-state index contributed by atoms with van der Waals surface area (Å²) in [5.41, 5.74) is 1.46. The molecule has 0 aliphatic rings. The second kappa shape index (κ2) is 5.30. The zero-order valence-corrected chi connectivity index (χ0v) is 10.2. The Morgan fingerprint density at radius 1 is 1.16 bits per heavy atom. The van der Waals surface area contributed by atoms with Crippen molar-refractivity contribution in [3.05, 3.63) is 64.2 Å². The van der Waals surface area contributed by atoms with E-state index in [1.807, 2.05) is 30.3 Å². The van der Waals surface area contributed by atoms with E-state index in [9.17, 15) is 14.9 Å². The molecule has 5 nitrogen and oxygen atoms in total. The van der Waals surface area contributed by atoms with Gasteiger partial charge >= 0.3 is 5.97 Å². The summed E-state index contributed by atoms with van der Waals surface area (Å²) in [5, 5.41) is 10.8. The topological polar surface area (TPSA) is 69.4 Å². The van der Waals surface area contributed by atoms with Crippen LogP contribution in [0.5, 0.6) is 0 Å². The Morgan fingerprint density at radius 3 is 2.42 bits per heavy atom. The van der Waals surface area contributed by atoms with E-state index < -0.39 is 10.9 Å². The van der Waals surface area contributed by atoms with Crippen molar-refractivity contribution in [3.63, 3.8) is 0 Å². The van der Waals surface area contributed by atoms with Crippen molar-refractivity contribution in [2.45, 2.75) is 0 Å². The number of carbonyl (C=O) groups is 1. The third kappa shape index (κ3) is 2.60. The smallest absolute Gasteiger partial charge is 0.338 e. The lowest BCUT2D eigenvalue weighted by Crippen LogP contribution is -2.04. The van der Waals surface area contributed by atoms with Crippen LogP contribution in [0.4, 0.5) is 5.69 Å². The molecule has 0 unspecified atom stereocenters. The van der Waals surface area contributed by atoms with E-state index in [2.05, 4.69) is 4.74 Å². The first-order valence-electron chi connectivity index (χ1n) is 5.55. The molecule has 0 atom stereocenters. The van der Waals surface area contributed by atoms with Crippen LogP contribution in [0.25, 0.3) is 11.1 Å². The predicted octanol–water partition coefficient (Wildman–Crippen LogP) is 3.05. The molecule has 0 spiro atoms. The molecule has 0 radical (unpaired) electrons. The minimum Gasteiger partial charge on any atom is -0.465 e. The number of nitro benzene ring substituents is 1. The van der Waals surface area contributed by atoms with Gasteiger partial charge in [-0.2, -0.15) is 0 Å². The highest BCUT2D eigenvalue weighted by molar-refractivity contribution is 5.98. The summed E-state index contributed by atoms with van der Waals surface area (Å²) in [6.07, 6.45) is 0. The molecule has 0 saturated carbocycles. The predicted molar refractivity (Wildman–Crippen MR) is 69.9 cm³/mol. The number of carbonyl (C=O) groups excluding carboxylic acids is 1. The first-order valence-corrected chi connectivity index (χ1v) is 5.55. The number of hydrogen-bond donors (Lipinski definition) is 0. The van der Waals surface area contributed by atoms with Crippen molar-refractivity contribution in [1.29, 1.82) is 0 Å². The minimum atomic E-state index is -0.595. The van der Waals surface area contributed by atoms with Gasteiger partial charge in [-0.3, -0.25) is 10.1 Å². The number of ether oxygens (including phenoxy) is 1. The van der Waals surface area contributed by atoms with E-state index in [-0.39, 0.29) is 11.3 Å². The van der Waals surface area contributed by atoms with E-state index in [0.29, 0.717) is 5.56 Å². The number of rotatable bonds is 3. The second-order valence-corrected chi connectivity index (χ2v) is 3.84. The Balaban J connectivity index is 2.61. The van der Waals surface area contributed by atoms with Crippen molar-refractivity contribution in [2.75, 3.05) is 7.11 Å². The molecule has 5 heteroatoms. The van der Waals surface area contributed by atoms with Crippen LogP contribution in [0.3, 0.4) is 0 Å². The molecule has 2 aromatic rings. The SMILES string of the molecule is COC(=O)c1cc([N+](=O)[O-])ccc1-c1ccccc1. The fourth-order valence-corrected chi connectivity index (χ4v) is 1.79. The van der Waals surface area contributed by atoms with E-state index in [0.717, 1.165) is 5.56 Å². The third-order valence-electron chi connectivity index (χ3n) is 2.70. The lowest BCUT2D eigenvalue weighted by atomic mass is 9.99. The summed E-state index contributed by atoms with van der Waals surface area (Å²) in [5.74, 6) is -0.595. The van der Waals surface area contributed by atoms with E-state index in [1.165, 1.54) is 19.2 Å². The molecule has 0 N–H and O–H groups in total. The van der Waals surface area contributed by atoms with E-state index in [1.54, 1.807) is 6.07 Å². The Kier molecular flexibility index (Phi) is 3.56. The standard InChI is InChI=1S/C14H11NO4/c1-19-14(16)13-9-11(15(17)18)7-8-12(13)10-5-3-2-4-6-10/h2-9H,1H3. The summed E-state index contributed by atoms with van der Waals surface area (Å²) in [6.45, 7) is 0. The summed E-state index contributed by atoms with van der Waals surface area (Å²) in [7, 11) is 1.25. The fourth-order valence-electron chi connectivity index (χ4n) is 1.79. The Labute approximate surface area is 109 Å². The van der Waals surface area contributed by atoms with Crippen molar-refractivity contribution >= 4 is 11.7 Å². The average Bonchev–Trinajstić information content (AvgIpc) is 2.46. The maximum atomic E-state index is 11.7. The average molecular weight is 257 g/mol. The molecule has 19 heavy (non-hydrogen) atoms. The molecule has 0 aliphatic carbocycles. The minimum absolute atomic E-state index is 0.139. The van der Waals surface area contributed by atoms with Crippen molar-refractivity contribution in [1.82, 2.24) is 0 Å².